The lowest BCUT2D eigenvalue weighted by Crippen LogP contribution is -2.00. The predicted octanol–water partition coefficient (Wildman–Crippen LogP) is 2.92. The molecule has 0 saturated carbocycles. The summed E-state index contributed by atoms with van der Waals surface area (Å²) in [6, 6.07) is 14.0. The number of aromatic nitrogens is 2. The van der Waals surface area contributed by atoms with Gasteiger partial charge < -0.3 is 10.5 Å². The number of nitrogens with two attached hydrogens (primary N) is 1. The molecule has 4 heteroatoms. The molecule has 0 aliphatic carbocycles. The first kappa shape index (κ1) is 11.6. The molecule has 4 nitrogen and oxygen atoms in total. The number of imidazole rings is 1. The highest BCUT2D eigenvalue weighted by Gasteiger charge is 2.10. The number of aryl methyl sites for hydroxylation is 1. The third kappa shape index (κ3) is 1.91. The Balaban J connectivity index is 2.23. The van der Waals surface area contributed by atoms with Gasteiger partial charge in [-0.05, 0) is 31.2 Å². The van der Waals surface area contributed by atoms with E-state index in [0.29, 0.717) is 5.95 Å². The van der Waals surface area contributed by atoms with Crippen LogP contribution in [-0.2, 0) is 0 Å². The smallest absolute Gasteiger partial charge is 0.205 e. The Hall–Kier alpha value is -2.49. The van der Waals surface area contributed by atoms with E-state index in [4.69, 9.17) is 10.5 Å². The SMILES string of the molecule is COc1ccc2c(c1)nc(N)n2-c1ccc(C)cc1. The first-order valence-electron chi connectivity index (χ1n) is 6.08. The van der Waals surface area contributed by atoms with Crippen LogP contribution in [0.15, 0.2) is 42.5 Å². The molecular weight excluding hydrogens is 238 g/mol. The highest BCUT2D eigenvalue weighted by Crippen LogP contribution is 2.26. The molecule has 0 amide bonds. The third-order valence-corrected chi connectivity index (χ3v) is 3.18. The number of nitrogens with zero attached hydrogens (tertiary/aromatic N) is 2. The Morgan fingerprint density at radius 1 is 1.11 bits per heavy atom. The molecule has 0 spiro atoms. The van der Waals surface area contributed by atoms with Crippen molar-refractivity contribution in [2.45, 2.75) is 6.92 Å². The van der Waals surface area contributed by atoms with Gasteiger partial charge in [0.25, 0.3) is 0 Å². The molecule has 0 radical (unpaired) electrons. The van der Waals surface area contributed by atoms with Crippen molar-refractivity contribution < 1.29 is 4.74 Å². The maximum absolute atomic E-state index is 6.03. The molecular formula is C15H15N3O. The molecule has 2 N–H and O–H groups in total. The summed E-state index contributed by atoms with van der Waals surface area (Å²) in [4.78, 5) is 4.38. The fourth-order valence-corrected chi connectivity index (χ4v) is 2.17. The number of fused-ring (bicyclic) bond motifs is 1. The van der Waals surface area contributed by atoms with E-state index in [9.17, 15) is 0 Å². The van der Waals surface area contributed by atoms with Crippen molar-refractivity contribution >= 4 is 17.0 Å². The van der Waals surface area contributed by atoms with Crippen LogP contribution < -0.4 is 10.5 Å². The molecule has 0 atom stereocenters. The van der Waals surface area contributed by atoms with Crippen LogP contribution in [0.3, 0.4) is 0 Å². The number of methoxy groups -OCH3 is 1. The molecule has 19 heavy (non-hydrogen) atoms. The Morgan fingerprint density at radius 3 is 2.53 bits per heavy atom. The second-order valence-electron chi connectivity index (χ2n) is 4.50. The zero-order valence-electron chi connectivity index (χ0n) is 10.9. The van der Waals surface area contributed by atoms with E-state index in [0.717, 1.165) is 22.5 Å². The van der Waals surface area contributed by atoms with Crippen molar-refractivity contribution in [3.63, 3.8) is 0 Å². The van der Waals surface area contributed by atoms with Gasteiger partial charge in [0.05, 0.1) is 18.1 Å². The lowest BCUT2D eigenvalue weighted by atomic mass is 10.2. The largest absolute Gasteiger partial charge is 0.497 e. The molecule has 0 bridgehead atoms. The molecule has 0 aliphatic rings. The van der Waals surface area contributed by atoms with E-state index >= 15 is 0 Å². The minimum Gasteiger partial charge on any atom is -0.497 e. The number of benzene rings is 2. The predicted molar refractivity (Wildman–Crippen MR) is 76.8 cm³/mol. The Labute approximate surface area is 111 Å². The van der Waals surface area contributed by atoms with Crippen molar-refractivity contribution in [1.29, 1.82) is 0 Å². The number of hydrogen-bond acceptors (Lipinski definition) is 3. The summed E-state index contributed by atoms with van der Waals surface area (Å²) < 4.78 is 7.14. The second-order valence-corrected chi connectivity index (χ2v) is 4.50. The van der Waals surface area contributed by atoms with Crippen LogP contribution in [0.25, 0.3) is 16.7 Å². The van der Waals surface area contributed by atoms with Crippen LogP contribution in [0, 0.1) is 6.92 Å². The normalized spacial score (nSPS) is 10.8. The topological polar surface area (TPSA) is 53.1 Å². The molecule has 0 saturated heterocycles. The van der Waals surface area contributed by atoms with Gasteiger partial charge in [-0.15, -0.1) is 0 Å². The van der Waals surface area contributed by atoms with E-state index in [-0.39, 0.29) is 0 Å². The molecule has 0 unspecified atom stereocenters. The minimum absolute atomic E-state index is 0.479. The lowest BCUT2D eigenvalue weighted by Gasteiger charge is -2.07. The van der Waals surface area contributed by atoms with E-state index in [1.54, 1.807) is 7.11 Å². The van der Waals surface area contributed by atoms with Crippen molar-refractivity contribution in [2.24, 2.45) is 0 Å². The molecule has 0 aliphatic heterocycles. The number of nitrogen functional groups attached to an aromatic ring is 1. The first-order chi connectivity index (χ1) is 9.19. The van der Waals surface area contributed by atoms with Crippen LogP contribution >= 0.6 is 0 Å². The van der Waals surface area contributed by atoms with Gasteiger partial charge in [-0.2, -0.15) is 0 Å². The average molecular weight is 253 g/mol. The van der Waals surface area contributed by atoms with Gasteiger partial charge in [0.15, 0.2) is 0 Å². The zero-order chi connectivity index (χ0) is 13.4. The van der Waals surface area contributed by atoms with Crippen molar-refractivity contribution in [1.82, 2.24) is 9.55 Å². The quantitative estimate of drug-likeness (QED) is 0.764. The Bertz CT molecular complexity index is 729. The molecule has 96 valence electrons. The third-order valence-electron chi connectivity index (χ3n) is 3.18. The summed E-state index contributed by atoms with van der Waals surface area (Å²) in [6.07, 6.45) is 0. The summed E-state index contributed by atoms with van der Waals surface area (Å²) in [5.74, 6) is 1.26. The van der Waals surface area contributed by atoms with Crippen LogP contribution in [0.2, 0.25) is 0 Å². The van der Waals surface area contributed by atoms with Gasteiger partial charge in [0.2, 0.25) is 5.95 Å². The van der Waals surface area contributed by atoms with E-state index in [2.05, 4.69) is 24.0 Å². The molecule has 1 heterocycles. The van der Waals surface area contributed by atoms with Crippen molar-refractivity contribution in [3.05, 3.63) is 48.0 Å². The molecule has 3 aromatic rings. The molecule has 2 aromatic carbocycles. The van der Waals surface area contributed by atoms with Gasteiger partial charge >= 0.3 is 0 Å². The monoisotopic (exact) mass is 253 g/mol. The number of anilines is 1. The number of hydrogen-bond donors (Lipinski definition) is 1. The van der Waals surface area contributed by atoms with Crippen LogP contribution in [0.1, 0.15) is 5.56 Å². The molecule has 0 fully saturated rings. The van der Waals surface area contributed by atoms with E-state index in [1.165, 1.54) is 5.56 Å². The van der Waals surface area contributed by atoms with E-state index < -0.39 is 0 Å². The zero-order valence-corrected chi connectivity index (χ0v) is 10.9. The standard InChI is InChI=1S/C15H15N3O/c1-10-3-5-11(6-4-10)18-14-8-7-12(19-2)9-13(14)17-15(18)16/h3-9H,1-2H3,(H2,16,17). The summed E-state index contributed by atoms with van der Waals surface area (Å²) >= 11 is 0. The maximum atomic E-state index is 6.03. The minimum atomic E-state index is 0.479. The van der Waals surface area contributed by atoms with Gasteiger partial charge in [0, 0.05) is 11.8 Å². The fraction of sp³-hybridized carbons (Fsp3) is 0.133. The van der Waals surface area contributed by atoms with Crippen molar-refractivity contribution in [2.75, 3.05) is 12.8 Å². The molecule has 3 rings (SSSR count). The van der Waals surface area contributed by atoms with Gasteiger partial charge in [-0.3, -0.25) is 4.57 Å². The lowest BCUT2D eigenvalue weighted by molar-refractivity contribution is 0.415. The number of ether oxygens (including phenoxy) is 1. The van der Waals surface area contributed by atoms with Crippen LogP contribution in [0.4, 0.5) is 5.95 Å². The molecule has 1 aromatic heterocycles. The summed E-state index contributed by atoms with van der Waals surface area (Å²) in [7, 11) is 1.64. The fourth-order valence-electron chi connectivity index (χ4n) is 2.17. The second kappa shape index (κ2) is 4.31. The summed E-state index contributed by atoms with van der Waals surface area (Å²) in [5, 5.41) is 0. The van der Waals surface area contributed by atoms with E-state index in [1.807, 2.05) is 34.9 Å². The Morgan fingerprint density at radius 2 is 1.84 bits per heavy atom. The maximum Gasteiger partial charge on any atom is 0.205 e. The Kier molecular flexibility index (Phi) is 2.63. The number of rotatable bonds is 2. The average Bonchev–Trinajstić information content (AvgIpc) is 2.74. The first-order valence-corrected chi connectivity index (χ1v) is 6.08. The van der Waals surface area contributed by atoms with Crippen molar-refractivity contribution in [3.8, 4) is 11.4 Å². The highest BCUT2D eigenvalue weighted by atomic mass is 16.5. The van der Waals surface area contributed by atoms with Crippen LogP contribution in [-0.4, -0.2) is 16.7 Å². The summed E-state index contributed by atoms with van der Waals surface area (Å²) in [6.45, 7) is 2.06. The van der Waals surface area contributed by atoms with Gasteiger partial charge in [-0.25, -0.2) is 4.98 Å². The van der Waals surface area contributed by atoms with Gasteiger partial charge in [0.1, 0.15) is 5.75 Å². The van der Waals surface area contributed by atoms with Gasteiger partial charge in [-0.1, -0.05) is 17.7 Å². The highest BCUT2D eigenvalue weighted by molar-refractivity contribution is 5.82. The summed E-state index contributed by atoms with van der Waals surface area (Å²) in [5.41, 5.74) is 10.1. The van der Waals surface area contributed by atoms with Crippen LogP contribution in [0.5, 0.6) is 5.75 Å².